The first-order chi connectivity index (χ1) is 9.61. The van der Waals surface area contributed by atoms with Crippen LogP contribution in [-0.2, 0) is 4.79 Å². The summed E-state index contributed by atoms with van der Waals surface area (Å²) < 4.78 is 5.03. The summed E-state index contributed by atoms with van der Waals surface area (Å²) in [6, 6.07) is 13.5. The fourth-order valence-electron chi connectivity index (χ4n) is 1.72. The van der Waals surface area contributed by atoms with Crippen molar-refractivity contribution in [3.63, 3.8) is 0 Å². The lowest BCUT2D eigenvalue weighted by molar-refractivity contribution is -0.124. The van der Waals surface area contributed by atoms with Gasteiger partial charge in [0.25, 0.3) is 5.91 Å². The second kappa shape index (κ2) is 6.41. The number of rotatable bonds is 4. The maximum Gasteiger partial charge on any atom is 0.257 e. The predicted octanol–water partition coefficient (Wildman–Crippen LogP) is 3.02. The summed E-state index contributed by atoms with van der Waals surface area (Å²) in [7, 11) is 1.56. The van der Waals surface area contributed by atoms with Crippen molar-refractivity contribution in [2.45, 2.75) is 6.10 Å². The lowest BCUT2D eigenvalue weighted by atomic mass is 10.1. The number of hydrogen-bond donors (Lipinski definition) is 2. The maximum absolute atomic E-state index is 12.0. The third kappa shape index (κ3) is 3.29. The Hall–Kier alpha value is -2.04. The van der Waals surface area contributed by atoms with Crippen LogP contribution in [-0.4, -0.2) is 18.1 Å². The van der Waals surface area contributed by atoms with E-state index in [2.05, 4.69) is 5.32 Å². The van der Waals surface area contributed by atoms with Gasteiger partial charge in [-0.25, -0.2) is 0 Å². The van der Waals surface area contributed by atoms with Crippen molar-refractivity contribution in [1.82, 2.24) is 0 Å². The van der Waals surface area contributed by atoms with Crippen LogP contribution in [0.15, 0.2) is 48.5 Å². The summed E-state index contributed by atoms with van der Waals surface area (Å²) in [5.74, 6) is 0.151. The van der Waals surface area contributed by atoms with Crippen LogP contribution < -0.4 is 10.1 Å². The minimum atomic E-state index is -1.31. The number of hydrogen-bond acceptors (Lipinski definition) is 3. The molecule has 2 aromatic rings. The molecule has 1 unspecified atom stereocenters. The molecule has 0 aliphatic carbocycles. The van der Waals surface area contributed by atoms with Crippen molar-refractivity contribution < 1.29 is 14.6 Å². The molecule has 2 N–H and O–H groups in total. The highest BCUT2D eigenvalue weighted by atomic mass is 35.5. The predicted molar refractivity (Wildman–Crippen MR) is 78.0 cm³/mol. The third-order valence-electron chi connectivity index (χ3n) is 2.81. The lowest BCUT2D eigenvalue weighted by Crippen LogP contribution is -2.21. The van der Waals surface area contributed by atoms with Crippen molar-refractivity contribution in [3.8, 4) is 5.75 Å². The Morgan fingerprint density at radius 3 is 2.45 bits per heavy atom. The number of aliphatic hydroxyl groups is 1. The fraction of sp³-hybridized carbons (Fsp3) is 0.133. The highest BCUT2D eigenvalue weighted by Gasteiger charge is 2.19. The Kier molecular flexibility index (Phi) is 4.61. The Morgan fingerprint density at radius 1 is 1.20 bits per heavy atom. The number of nitrogens with one attached hydrogen (secondary N) is 1. The molecular formula is C15H14ClNO3. The van der Waals surface area contributed by atoms with Gasteiger partial charge in [0.2, 0.25) is 0 Å². The number of aliphatic hydroxyl groups excluding tert-OH is 1. The van der Waals surface area contributed by atoms with Gasteiger partial charge in [0.05, 0.1) is 7.11 Å². The molecule has 0 spiro atoms. The molecule has 0 aromatic heterocycles. The van der Waals surface area contributed by atoms with Crippen LogP contribution in [0.1, 0.15) is 11.7 Å². The highest BCUT2D eigenvalue weighted by Crippen LogP contribution is 2.24. The number of anilines is 1. The topological polar surface area (TPSA) is 58.6 Å². The number of carbonyl (C=O) groups is 1. The molecule has 5 heteroatoms. The van der Waals surface area contributed by atoms with Crippen LogP contribution in [0.25, 0.3) is 0 Å². The molecule has 1 atom stereocenters. The molecule has 4 nitrogen and oxygen atoms in total. The Bertz CT molecular complexity index is 598. The van der Waals surface area contributed by atoms with Gasteiger partial charge in [-0.05, 0) is 30.3 Å². The van der Waals surface area contributed by atoms with Crippen molar-refractivity contribution in [3.05, 3.63) is 59.1 Å². The fourth-order valence-corrected chi connectivity index (χ4v) is 1.96. The zero-order valence-electron chi connectivity index (χ0n) is 10.8. The second-order valence-electron chi connectivity index (χ2n) is 4.14. The summed E-state index contributed by atoms with van der Waals surface area (Å²) in [6.07, 6.45) is -1.31. The van der Waals surface area contributed by atoms with Crippen LogP contribution in [0.3, 0.4) is 0 Å². The van der Waals surface area contributed by atoms with Crippen molar-refractivity contribution in [1.29, 1.82) is 0 Å². The Balaban J connectivity index is 2.09. The zero-order chi connectivity index (χ0) is 14.5. The molecular weight excluding hydrogens is 278 g/mol. The number of ether oxygens (including phenoxy) is 1. The largest absolute Gasteiger partial charge is 0.497 e. The van der Waals surface area contributed by atoms with E-state index in [0.717, 1.165) is 0 Å². The van der Waals surface area contributed by atoms with Crippen molar-refractivity contribution >= 4 is 23.2 Å². The summed E-state index contributed by atoms with van der Waals surface area (Å²) in [5, 5.41) is 13.0. The van der Waals surface area contributed by atoms with Gasteiger partial charge >= 0.3 is 0 Å². The van der Waals surface area contributed by atoms with E-state index in [-0.39, 0.29) is 0 Å². The molecule has 0 saturated carbocycles. The first kappa shape index (κ1) is 14.4. The highest BCUT2D eigenvalue weighted by molar-refractivity contribution is 6.31. The van der Waals surface area contributed by atoms with E-state index in [0.29, 0.717) is 22.0 Å². The third-order valence-corrected chi connectivity index (χ3v) is 3.15. The van der Waals surface area contributed by atoms with Gasteiger partial charge in [-0.1, -0.05) is 29.8 Å². The number of carbonyl (C=O) groups excluding carboxylic acids is 1. The molecule has 0 saturated heterocycles. The van der Waals surface area contributed by atoms with Gasteiger partial charge < -0.3 is 15.2 Å². The number of benzene rings is 2. The first-order valence-electron chi connectivity index (χ1n) is 5.99. The zero-order valence-corrected chi connectivity index (χ0v) is 11.6. The minimum Gasteiger partial charge on any atom is -0.497 e. The average molecular weight is 292 g/mol. The molecule has 0 aliphatic heterocycles. The monoisotopic (exact) mass is 291 g/mol. The summed E-state index contributed by atoms with van der Waals surface area (Å²) in [5.41, 5.74) is 0.946. The van der Waals surface area contributed by atoms with Crippen molar-refractivity contribution in [2.24, 2.45) is 0 Å². The molecule has 0 radical (unpaired) electrons. The lowest BCUT2D eigenvalue weighted by Gasteiger charge is -2.13. The number of methoxy groups -OCH3 is 1. The van der Waals surface area contributed by atoms with E-state index in [1.54, 1.807) is 55.6 Å². The van der Waals surface area contributed by atoms with E-state index in [4.69, 9.17) is 16.3 Å². The summed E-state index contributed by atoms with van der Waals surface area (Å²) >= 11 is 5.95. The van der Waals surface area contributed by atoms with Gasteiger partial charge in [-0.3, -0.25) is 4.79 Å². The summed E-state index contributed by atoms with van der Waals surface area (Å²) in [4.78, 5) is 12.0. The van der Waals surface area contributed by atoms with Gasteiger partial charge in [-0.2, -0.15) is 0 Å². The van der Waals surface area contributed by atoms with Gasteiger partial charge in [-0.15, -0.1) is 0 Å². The molecule has 1 amide bonds. The van der Waals surface area contributed by atoms with E-state index in [1.807, 2.05) is 0 Å². The number of amides is 1. The van der Waals surface area contributed by atoms with Crippen LogP contribution in [0.4, 0.5) is 5.69 Å². The molecule has 2 aromatic carbocycles. The maximum atomic E-state index is 12.0. The van der Waals surface area contributed by atoms with Gasteiger partial charge in [0.15, 0.2) is 6.10 Å². The van der Waals surface area contributed by atoms with Crippen LogP contribution in [0.5, 0.6) is 5.75 Å². The second-order valence-corrected chi connectivity index (χ2v) is 4.55. The molecule has 0 bridgehead atoms. The van der Waals surface area contributed by atoms with Crippen LogP contribution in [0, 0.1) is 0 Å². The molecule has 104 valence electrons. The SMILES string of the molecule is COc1ccc(NC(=O)C(O)c2ccccc2Cl)cc1. The average Bonchev–Trinajstić information content (AvgIpc) is 2.48. The summed E-state index contributed by atoms with van der Waals surface area (Å²) in [6.45, 7) is 0. The molecule has 0 heterocycles. The van der Waals surface area contributed by atoms with E-state index in [1.165, 1.54) is 0 Å². The van der Waals surface area contributed by atoms with Crippen molar-refractivity contribution in [2.75, 3.05) is 12.4 Å². The standard InChI is InChI=1S/C15H14ClNO3/c1-20-11-8-6-10(7-9-11)17-15(19)14(18)12-4-2-3-5-13(12)16/h2-9,14,18H,1H3,(H,17,19). The Morgan fingerprint density at radius 2 is 1.85 bits per heavy atom. The molecule has 2 rings (SSSR count). The van der Waals surface area contributed by atoms with Crippen LogP contribution >= 0.6 is 11.6 Å². The quantitative estimate of drug-likeness (QED) is 0.910. The van der Waals surface area contributed by atoms with E-state index < -0.39 is 12.0 Å². The van der Waals surface area contributed by atoms with E-state index in [9.17, 15) is 9.90 Å². The Labute approximate surface area is 122 Å². The van der Waals surface area contributed by atoms with Crippen LogP contribution in [0.2, 0.25) is 5.02 Å². The first-order valence-corrected chi connectivity index (χ1v) is 6.37. The smallest absolute Gasteiger partial charge is 0.257 e. The van der Waals surface area contributed by atoms with Gasteiger partial charge in [0.1, 0.15) is 5.75 Å². The normalized spacial score (nSPS) is 11.8. The molecule has 0 aliphatic rings. The van der Waals surface area contributed by atoms with Gasteiger partial charge in [0, 0.05) is 16.3 Å². The molecule has 0 fully saturated rings. The number of halogens is 1. The minimum absolute atomic E-state index is 0.352. The van der Waals surface area contributed by atoms with E-state index >= 15 is 0 Å². The molecule has 20 heavy (non-hydrogen) atoms.